The third kappa shape index (κ3) is 1.44. The zero-order valence-electron chi connectivity index (χ0n) is 9.02. The maximum absolute atomic E-state index is 12.0. The smallest absolute Gasteiger partial charge is 0.316 e. The van der Waals surface area contributed by atoms with E-state index < -0.39 is 11.9 Å². The van der Waals surface area contributed by atoms with Gasteiger partial charge in [0.15, 0.2) is 5.78 Å². The monoisotopic (exact) mass is 221 g/mol. The van der Waals surface area contributed by atoms with Crippen LogP contribution in [0.2, 0.25) is 0 Å². The molecule has 84 valence electrons. The summed E-state index contributed by atoms with van der Waals surface area (Å²) in [6.45, 7) is 0. The molecule has 0 aromatic carbocycles. The third-order valence-corrected chi connectivity index (χ3v) is 2.67. The number of Topliss-reactive ketones (excluding diaryl/α,β-unsaturated/α-hetero) is 1. The Balaban J connectivity index is 2.42. The van der Waals surface area contributed by atoms with Crippen molar-refractivity contribution in [3.8, 4) is 5.88 Å². The molecule has 0 N–H and O–H groups in total. The van der Waals surface area contributed by atoms with Crippen LogP contribution >= 0.6 is 0 Å². The Morgan fingerprint density at radius 2 is 2.25 bits per heavy atom. The van der Waals surface area contributed by atoms with Gasteiger partial charge in [-0.05, 0) is 18.1 Å². The molecule has 1 aromatic rings. The Labute approximate surface area is 92.4 Å². The number of fused-ring (bicyclic) bond motifs is 1. The van der Waals surface area contributed by atoms with Gasteiger partial charge in [0.2, 0.25) is 5.88 Å². The van der Waals surface area contributed by atoms with Crippen molar-refractivity contribution in [2.24, 2.45) is 5.92 Å². The number of hydrogen-bond acceptors (Lipinski definition) is 5. The molecule has 2 rings (SSSR count). The molecule has 0 saturated carbocycles. The third-order valence-electron chi connectivity index (χ3n) is 2.67. The van der Waals surface area contributed by atoms with Crippen molar-refractivity contribution in [2.45, 2.75) is 6.42 Å². The summed E-state index contributed by atoms with van der Waals surface area (Å²) >= 11 is 0. The van der Waals surface area contributed by atoms with Crippen LogP contribution in [0.5, 0.6) is 5.88 Å². The van der Waals surface area contributed by atoms with Gasteiger partial charge in [-0.3, -0.25) is 9.59 Å². The molecule has 1 aromatic heterocycles. The molecule has 1 atom stereocenters. The summed E-state index contributed by atoms with van der Waals surface area (Å²) in [7, 11) is 2.72. The van der Waals surface area contributed by atoms with Crippen LogP contribution in [-0.4, -0.2) is 31.0 Å². The Bertz CT molecular complexity index is 455. The summed E-state index contributed by atoms with van der Waals surface area (Å²) in [4.78, 5) is 27.3. The number of esters is 1. The lowest BCUT2D eigenvalue weighted by Crippen LogP contribution is -2.22. The van der Waals surface area contributed by atoms with E-state index in [1.807, 2.05) is 0 Å². The van der Waals surface area contributed by atoms with Gasteiger partial charge in [0.05, 0.1) is 19.8 Å². The second-order valence-corrected chi connectivity index (χ2v) is 3.50. The maximum atomic E-state index is 12.0. The number of nitrogens with zero attached hydrogens (tertiary/aromatic N) is 1. The van der Waals surface area contributed by atoms with Gasteiger partial charge >= 0.3 is 5.97 Å². The standard InChI is InChI=1S/C11H11NO4/c1-15-10-8-6(3-4-12-10)5-7(9(8)13)11(14)16-2/h3-4,7H,5H2,1-2H3. The van der Waals surface area contributed by atoms with Crippen LogP contribution in [0.1, 0.15) is 15.9 Å². The van der Waals surface area contributed by atoms with Crippen LogP contribution in [0.25, 0.3) is 0 Å². The van der Waals surface area contributed by atoms with E-state index in [-0.39, 0.29) is 11.7 Å². The molecular formula is C11H11NO4. The molecule has 0 aliphatic heterocycles. The van der Waals surface area contributed by atoms with Gasteiger partial charge in [-0.25, -0.2) is 4.98 Å². The van der Waals surface area contributed by atoms with E-state index in [0.717, 1.165) is 5.56 Å². The van der Waals surface area contributed by atoms with E-state index in [1.54, 1.807) is 12.3 Å². The second-order valence-electron chi connectivity index (χ2n) is 3.50. The van der Waals surface area contributed by atoms with Gasteiger partial charge < -0.3 is 9.47 Å². The topological polar surface area (TPSA) is 65.5 Å². The minimum Gasteiger partial charge on any atom is -0.480 e. The molecular weight excluding hydrogens is 210 g/mol. The fourth-order valence-electron chi connectivity index (χ4n) is 1.89. The maximum Gasteiger partial charge on any atom is 0.316 e. The Morgan fingerprint density at radius 1 is 1.50 bits per heavy atom. The molecule has 16 heavy (non-hydrogen) atoms. The number of ketones is 1. The van der Waals surface area contributed by atoms with Gasteiger partial charge in [0, 0.05) is 6.20 Å². The largest absolute Gasteiger partial charge is 0.480 e. The zero-order chi connectivity index (χ0) is 11.7. The Kier molecular flexibility index (Phi) is 2.60. The average Bonchev–Trinajstić information content (AvgIpc) is 2.66. The lowest BCUT2D eigenvalue weighted by atomic mass is 10.1. The highest BCUT2D eigenvalue weighted by Crippen LogP contribution is 2.32. The fraction of sp³-hybridized carbons (Fsp3) is 0.364. The number of rotatable bonds is 2. The summed E-state index contributed by atoms with van der Waals surface area (Å²) in [6, 6.07) is 1.72. The normalized spacial score (nSPS) is 18.1. The molecule has 0 saturated heterocycles. The number of carbonyl (C=O) groups is 2. The van der Waals surface area contributed by atoms with Gasteiger partial charge in [-0.2, -0.15) is 0 Å². The molecule has 0 bridgehead atoms. The van der Waals surface area contributed by atoms with E-state index in [9.17, 15) is 9.59 Å². The summed E-state index contributed by atoms with van der Waals surface area (Å²) in [5, 5.41) is 0. The van der Waals surface area contributed by atoms with Crippen LogP contribution in [0.4, 0.5) is 0 Å². The first-order valence-electron chi connectivity index (χ1n) is 4.83. The number of pyridine rings is 1. The van der Waals surface area contributed by atoms with Gasteiger partial charge in [-0.15, -0.1) is 0 Å². The molecule has 5 heteroatoms. The lowest BCUT2D eigenvalue weighted by Gasteiger charge is -2.04. The summed E-state index contributed by atoms with van der Waals surface area (Å²) in [5.74, 6) is -1.26. The van der Waals surface area contributed by atoms with Crippen LogP contribution in [0, 0.1) is 5.92 Å². The molecule has 0 fully saturated rings. The molecule has 1 aliphatic carbocycles. The van der Waals surface area contributed by atoms with Crippen molar-refractivity contribution in [1.82, 2.24) is 4.98 Å². The van der Waals surface area contributed by atoms with E-state index in [0.29, 0.717) is 12.0 Å². The van der Waals surface area contributed by atoms with Gasteiger partial charge in [-0.1, -0.05) is 0 Å². The first-order valence-corrected chi connectivity index (χ1v) is 4.83. The number of hydrogen-bond donors (Lipinski definition) is 0. The van der Waals surface area contributed by atoms with Crippen molar-refractivity contribution < 1.29 is 19.1 Å². The van der Waals surface area contributed by atoms with E-state index in [4.69, 9.17) is 4.74 Å². The summed E-state index contributed by atoms with van der Waals surface area (Å²) < 4.78 is 9.59. The highest BCUT2D eigenvalue weighted by atomic mass is 16.5. The number of ether oxygens (including phenoxy) is 2. The lowest BCUT2D eigenvalue weighted by molar-refractivity contribution is -0.143. The van der Waals surface area contributed by atoms with E-state index >= 15 is 0 Å². The molecule has 1 heterocycles. The SMILES string of the molecule is COC(=O)C1Cc2ccnc(OC)c2C1=O. The number of methoxy groups -OCH3 is 2. The molecule has 0 radical (unpaired) electrons. The van der Waals surface area contributed by atoms with Crippen molar-refractivity contribution in [2.75, 3.05) is 14.2 Å². The summed E-state index contributed by atoms with van der Waals surface area (Å²) in [6.07, 6.45) is 1.92. The van der Waals surface area contributed by atoms with Crippen LogP contribution in [0.3, 0.4) is 0 Å². The highest BCUT2D eigenvalue weighted by molar-refractivity contribution is 6.13. The van der Waals surface area contributed by atoms with Crippen LogP contribution in [0.15, 0.2) is 12.3 Å². The molecule has 0 spiro atoms. The van der Waals surface area contributed by atoms with Crippen LogP contribution in [-0.2, 0) is 16.0 Å². The van der Waals surface area contributed by atoms with Crippen LogP contribution < -0.4 is 4.74 Å². The zero-order valence-corrected chi connectivity index (χ0v) is 9.02. The molecule has 1 aliphatic rings. The molecule has 0 amide bonds. The second kappa shape index (κ2) is 3.92. The first kappa shape index (κ1) is 10.6. The number of aromatic nitrogens is 1. The van der Waals surface area contributed by atoms with Gasteiger partial charge in [0.1, 0.15) is 5.92 Å². The highest BCUT2D eigenvalue weighted by Gasteiger charge is 2.39. The van der Waals surface area contributed by atoms with E-state index in [2.05, 4.69) is 9.72 Å². The predicted octanol–water partition coefficient (Wildman–Crippen LogP) is 0.618. The first-order chi connectivity index (χ1) is 7.69. The van der Waals surface area contributed by atoms with Crippen molar-refractivity contribution >= 4 is 11.8 Å². The van der Waals surface area contributed by atoms with Gasteiger partial charge in [0.25, 0.3) is 0 Å². The number of carbonyl (C=O) groups excluding carboxylic acids is 2. The molecule has 1 unspecified atom stereocenters. The van der Waals surface area contributed by atoms with Crippen molar-refractivity contribution in [3.05, 3.63) is 23.4 Å². The van der Waals surface area contributed by atoms with Crippen molar-refractivity contribution in [3.63, 3.8) is 0 Å². The summed E-state index contributed by atoms with van der Waals surface area (Å²) in [5.41, 5.74) is 1.19. The minimum absolute atomic E-state index is 0.271. The minimum atomic E-state index is -0.752. The molecule has 5 nitrogen and oxygen atoms in total. The van der Waals surface area contributed by atoms with E-state index in [1.165, 1.54) is 14.2 Å². The Hall–Kier alpha value is -1.91. The quantitative estimate of drug-likeness (QED) is 0.541. The predicted molar refractivity (Wildman–Crippen MR) is 54.3 cm³/mol. The fourth-order valence-corrected chi connectivity index (χ4v) is 1.89. The Morgan fingerprint density at radius 3 is 2.88 bits per heavy atom. The van der Waals surface area contributed by atoms with Crippen molar-refractivity contribution in [1.29, 1.82) is 0 Å². The average molecular weight is 221 g/mol.